The number of carbonyl (C=O) groups is 1. The average Bonchev–Trinajstić information content (AvgIpc) is 2.92. The zero-order valence-corrected chi connectivity index (χ0v) is 14.5. The second kappa shape index (κ2) is 7.88. The number of fused-ring (bicyclic) bond motifs is 1. The minimum Gasteiger partial charge on any atom is -0.493 e. The number of amides is 1. The summed E-state index contributed by atoms with van der Waals surface area (Å²) in [5, 5.41) is 3.46. The molecule has 0 aliphatic carbocycles. The Bertz CT molecular complexity index is 539. The van der Waals surface area contributed by atoms with Crippen molar-refractivity contribution in [2.45, 2.75) is 12.8 Å². The van der Waals surface area contributed by atoms with Crippen molar-refractivity contribution in [1.82, 2.24) is 10.2 Å². The quantitative estimate of drug-likeness (QED) is 0.916. The lowest BCUT2D eigenvalue weighted by Crippen LogP contribution is -2.32. The van der Waals surface area contributed by atoms with E-state index in [0.29, 0.717) is 17.1 Å². The highest BCUT2D eigenvalue weighted by Gasteiger charge is 2.31. The monoisotopic (exact) mass is 340 g/mol. The van der Waals surface area contributed by atoms with E-state index in [2.05, 4.69) is 5.32 Å². The van der Waals surface area contributed by atoms with Crippen LogP contribution in [0, 0.1) is 11.8 Å². The molecule has 2 saturated heterocycles. The fraction of sp³-hybridized carbons (Fsp3) is 0.588. The van der Waals surface area contributed by atoms with Crippen molar-refractivity contribution in [3.05, 3.63) is 23.8 Å². The van der Waals surface area contributed by atoms with Crippen LogP contribution in [0.25, 0.3) is 0 Å². The van der Waals surface area contributed by atoms with Gasteiger partial charge in [0.25, 0.3) is 5.91 Å². The molecule has 0 saturated carbocycles. The molecular weight excluding hydrogens is 316 g/mol. The largest absolute Gasteiger partial charge is 0.493 e. The summed E-state index contributed by atoms with van der Waals surface area (Å²) < 4.78 is 10.5. The maximum Gasteiger partial charge on any atom is 0.253 e. The Morgan fingerprint density at radius 2 is 1.70 bits per heavy atom. The number of hydrogen-bond acceptors (Lipinski definition) is 4. The Balaban J connectivity index is 0.00000192. The second-order valence-electron chi connectivity index (χ2n) is 6.12. The zero-order chi connectivity index (χ0) is 15.5. The number of nitrogens with one attached hydrogen (secondary N) is 1. The van der Waals surface area contributed by atoms with Crippen LogP contribution in [-0.2, 0) is 0 Å². The van der Waals surface area contributed by atoms with Crippen LogP contribution in [-0.4, -0.2) is 51.2 Å². The van der Waals surface area contributed by atoms with Crippen LogP contribution in [0.15, 0.2) is 18.2 Å². The molecule has 2 aliphatic heterocycles. The van der Waals surface area contributed by atoms with Crippen molar-refractivity contribution in [2.24, 2.45) is 11.8 Å². The number of carbonyl (C=O) groups excluding carboxylic acids is 1. The molecule has 1 amide bonds. The Labute approximate surface area is 143 Å². The minimum atomic E-state index is 0. The Kier molecular flexibility index (Phi) is 6.13. The number of benzene rings is 1. The molecule has 2 heterocycles. The van der Waals surface area contributed by atoms with Crippen LogP contribution >= 0.6 is 12.4 Å². The van der Waals surface area contributed by atoms with E-state index in [-0.39, 0.29) is 18.3 Å². The molecule has 2 fully saturated rings. The first-order chi connectivity index (χ1) is 10.7. The predicted molar refractivity (Wildman–Crippen MR) is 91.8 cm³/mol. The number of hydrogen-bond donors (Lipinski definition) is 1. The smallest absolute Gasteiger partial charge is 0.253 e. The topological polar surface area (TPSA) is 50.8 Å². The number of rotatable bonds is 3. The van der Waals surface area contributed by atoms with Gasteiger partial charge in [-0.25, -0.2) is 0 Å². The molecule has 128 valence electrons. The molecule has 0 unspecified atom stereocenters. The van der Waals surface area contributed by atoms with Gasteiger partial charge in [0.1, 0.15) is 0 Å². The molecule has 2 aliphatic rings. The lowest BCUT2D eigenvalue weighted by molar-refractivity contribution is 0.0758. The van der Waals surface area contributed by atoms with Crippen molar-refractivity contribution in [1.29, 1.82) is 0 Å². The van der Waals surface area contributed by atoms with Crippen molar-refractivity contribution in [3.8, 4) is 11.5 Å². The van der Waals surface area contributed by atoms with Crippen LogP contribution in [0.2, 0.25) is 0 Å². The number of nitrogens with zero attached hydrogens (tertiary/aromatic N) is 1. The number of methoxy groups -OCH3 is 2. The summed E-state index contributed by atoms with van der Waals surface area (Å²) in [6.07, 6.45) is 2.19. The van der Waals surface area contributed by atoms with Gasteiger partial charge in [-0.15, -0.1) is 12.4 Å². The van der Waals surface area contributed by atoms with Crippen LogP contribution in [0.3, 0.4) is 0 Å². The van der Waals surface area contributed by atoms with Crippen LogP contribution in [0.4, 0.5) is 0 Å². The van der Waals surface area contributed by atoms with Crippen molar-refractivity contribution in [3.63, 3.8) is 0 Å². The van der Waals surface area contributed by atoms with E-state index in [0.717, 1.165) is 50.9 Å². The van der Waals surface area contributed by atoms with Gasteiger partial charge in [-0.1, -0.05) is 0 Å². The van der Waals surface area contributed by atoms with Gasteiger partial charge in [-0.3, -0.25) is 4.79 Å². The van der Waals surface area contributed by atoms with E-state index in [4.69, 9.17) is 9.47 Å². The average molecular weight is 341 g/mol. The zero-order valence-electron chi connectivity index (χ0n) is 13.7. The third-order valence-electron chi connectivity index (χ3n) is 4.94. The van der Waals surface area contributed by atoms with Crippen LogP contribution in [0.1, 0.15) is 23.2 Å². The molecule has 0 aromatic heterocycles. The molecule has 0 bridgehead atoms. The standard InChI is InChI=1S/C17H24N2O3.ClH/c1-21-15-4-3-12(9-16(15)22-2)17(20)19-7-5-13-10-18-11-14(13)6-8-19;/h3-4,9,13-14,18H,5-8,10-11H2,1-2H3;1H/t13-,14+;. The molecule has 2 atom stereocenters. The molecule has 1 N–H and O–H groups in total. The third-order valence-corrected chi connectivity index (χ3v) is 4.94. The van der Waals surface area contributed by atoms with Gasteiger partial charge in [0.15, 0.2) is 11.5 Å². The molecule has 0 radical (unpaired) electrons. The lowest BCUT2D eigenvalue weighted by atomic mass is 9.92. The van der Waals surface area contributed by atoms with Gasteiger partial charge in [0.2, 0.25) is 0 Å². The van der Waals surface area contributed by atoms with Crippen LogP contribution in [0.5, 0.6) is 11.5 Å². The summed E-state index contributed by atoms with van der Waals surface area (Å²) in [6.45, 7) is 3.89. The second-order valence-corrected chi connectivity index (χ2v) is 6.12. The molecule has 1 aromatic carbocycles. The molecule has 5 nitrogen and oxygen atoms in total. The molecule has 0 spiro atoms. The minimum absolute atomic E-state index is 0. The lowest BCUT2D eigenvalue weighted by Gasteiger charge is -2.21. The fourth-order valence-electron chi connectivity index (χ4n) is 3.57. The van der Waals surface area contributed by atoms with E-state index in [1.54, 1.807) is 26.4 Å². The van der Waals surface area contributed by atoms with Gasteiger partial charge in [-0.2, -0.15) is 0 Å². The third kappa shape index (κ3) is 3.72. The highest BCUT2D eigenvalue weighted by Crippen LogP contribution is 2.30. The normalized spacial score (nSPS) is 23.5. The predicted octanol–water partition coefficient (Wildman–Crippen LogP) is 2.20. The van der Waals surface area contributed by atoms with E-state index in [1.165, 1.54) is 0 Å². The van der Waals surface area contributed by atoms with Crippen LogP contribution < -0.4 is 14.8 Å². The van der Waals surface area contributed by atoms with Gasteiger partial charge in [0, 0.05) is 18.7 Å². The Morgan fingerprint density at radius 1 is 1.09 bits per heavy atom. The van der Waals surface area contributed by atoms with E-state index >= 15 is 0 Å². The van der Waals surface area contributed by atoms with Gasteiger partial charge in [0.05, 0.1) is 14.2 Å². The summed E-state index contributed by atoms with van der Waals surface area (Å²) in [7, 11) is 3.19. The SMILES string of the molecule is COc1ccc(C(=O)N2CC[C@@H]3CNC[C@@H]3CC2)cc1OC.Cl. The van der Waals surface area contributed by atoms with Crippen molar-refractivity contribution in [2.75, 3.05) is 40.4 Å². The molecule has 3 rings (SSSR count). The molecule has 23 heavy (non-hydrogen) atoms. The van der Waals surface area contributed by atoms with E-state index < -0.39 is 0 Å². The first kappa shape index (κ1) is 17.9. The summed E-state index contributed by atoms with van der Waals surface area (Å²) in [5.41, 5.74) is 0.669. The van der Waals surface area contributed by atoms with E-state index in [9.17, 15) is 4.79 Å². The highest BCUT2D eigenvalue weighted by atomic mass is 35.5. The first-order valence-corrected chi connectivity index (χ1v) is 7.95. The fourth-order valence-corrected chi connectivity index (χ4v) is 3.57. The van der Waals surface area contributed by atoms with Crippen molar-refractivity contribution >= 4 is 18.3 Å². The summed E-state index contributed by atoms with van der Waals surface area (Å²) in [4.78, 5) is 14.7. The highest BCUT2D eigenvalue weighted by molar-refractivity contribution is 5.95. The Hall–Kier alpha value is -1.46. The summed E-state index contributed by atoms with van der Waals surface area (Å²) >= 11 is 0. The number of ether oxygens (including phenoxy) is 2. The maximum atomic E-state index is 12.8. The Morgan fingerprint density at radius 3 is 2.26 bits per heavy atom. The van der Waals surface area contributed by atoms with Crippen molar-refractivity contribution < 1.29 is 14.3 Å². The first-order valence-electron chi connectivity index (χ1n) is 7.95. The van der Waals surface area contributed by atoms with Gasteiger partial charge < -0.3 is 19.7 Å². The summed E-state index contributed by atoms with van der Waals surface area (Å²) in [6, 6.07) is 5.38. The maximum absolute atomic E-state index is 12.8. The number of halogens is 1. The molecule has 1 aromatic rings. The van der Waals surface area contributed by atoms with Gasteiger partial charge >= 0.3 is 0 Å². The van der Waals surface area contributed by atoms with Gasteiger partial charge in [-0.05, 0) is 56.0 Å². The molecule has 6 heteroatoms. The number of likely N-dealkylation sites (tertiary alicyclic amines) is 1. The molecular formula is C17H25ClN2O3. The summed E-state index contributed by atoms with van der Waals surface area (Å²) in [5.74, 6) is 2.79. The van der Waals surface area contributed by atoms with E-state index in [1.807, 2.05) is 11.0 Å².